The second-order valence-electron chi connectivity index (χ2n) is 4.47. The van der Waals surface area contributed by atoms with Crippen LogP contribution in [0.2, 0.25) is 0 Å². The molecule has 0 aromatic carbocycles. The second-order valence-corrected chi connectivity index (χ2v) is 5.61. The molecular weight excluding hydrogens is 208 g/mol. The predicted octanol–water partition coefficient (Wildman–Crippen LogP) is 1.49. The first-order valence-electron chi connectivity index (χ1n) is 5.46. The number of likely N-dealkylation sites (tertiary alicyclic amines) is 1. The standard InChI is InChI=1S/C11H18N2OS/c1-8(14)5-10-6-12-11(15-10)9-3-4-13(2)7-9/h6,8-9,14H,3-5,7H2,1-2H3. The highest BCUT2D eigenvalue weighted by atomic mass is 32.1. The van der Waals surface area contributed by atoms with E-state index in [-0.39, 0.29) is 6.10 Å². The number of thiazole rings is 1. The van der Waals surface area contributed by atoms with Crippen LogP contribution in [0.15, 0.2) is 6.20 Å². The average molecular weight is 226 g/mol. The summed E-state index contributed by atoms with van der Waals surface area (Å²) < 4.78 is 0. The van der Waals surface area contributed by atoms with E-state index < -0.39 is 0 Å². The molecule has 1 N–H and O–H groups in total. The van der Waals surface area contributed by atoms with Crippen LogP contribution in [-0.4, -0.2) is 41.2 Å². The molecule has 2 atom stereocenters. The maximum atomic E-state index is 9.29. The van der Waals surface area contributed by atoms with Crippen molar-refractivity contribution in [1.29, 1.82) is 0 Å². The summed E-state index contributed by atoms with van der Waals surface area (Å²) in [4.78, 5) is 8.02. The SMILES string of the molecule is CC(O)Cc1cnc(C2CCN(C)C2)s1. The van der Waals surface area contributed by atoms with Crippen molar-refractivity contribution >= 4 is 11.3 Å². The highest BCUT2D eigenvalue weighted by molar-refractivity contribution is 7.11. The van der Waals surface area contributed by atoms with Crippen LogP contribution in [0.25, 0.3) is 0 Å². The van der Waals surface area contributed by atoms with Crippen LogP contribution in [-0.2, 0) is 6.42 Å². The summed E-state index contributed by atoms with van der Waals surface area (Å²) in [6.07, 6.45) is 3.62. The predicted molar refractivity (Wildman–Crippen MR) is 62.4 cm³/mol. The Kier molecular flexibility index (Phi) is 3.38. The fraction of sp³-hybridized carbons (Fsp3) is 0.727. The van der Waals surface area contributed by atoms with E-state index in [1.54, 1.807) is 11.3 Å². The lowest BCUT2D eigenvalue weighted by Crippen LogP contribution is -2.13. The van der Waals surface area contributed by atoms with Crippen LogP contribution in [0.3, 0.4) is 0 Å². The summed E-state index contributed by atoms with van der Waals surface area (Å²) in [5.74, 6) is 0.614. The Balaban J connectivity index is 2.00. The Morgan fingerprint density at radius 3 is 3.13 bits per heavy atom. The van der Waals surface area contributed by atoms with Gasteiger partial charge in [-0.15, -0.1) is 11.3 Å². The summed E-state index contributed by atoms with van der Waals surface area (Å²) >= 11 is 1.76. The molecule has 84 valence electrons. The maximum absolute atomic E-state index is 9.29. The maximum Gasteiger partial charge on any atom is 0.0971 e. The smallest absolute Gasteiger partial charge is 0.0971 e. The zero-order valence-electron chi connectivity index (χ0n) is 9.31. The topological polar surface area (TPSA) is 36.4 Å². The van der Waals surface area contributed by atoms with Crippen molar-refractivity contribution < 1.29 is 5.11 Å². The molecule has 1 aromatic heterocycles. The zero-order valence-corrected chi connectivity index (χ0v) is 10.1. The second kappa shape index (κ2) is 4.60. The van der Waals surface area contributed by atoms with E-state index >= 15 is 0 Å². The molecule has 4 heteroatoms. The van der Waals surface area contributed by atoms with Crippen molar-refractivity contribution in [3.05, 3.63) is 16.1 Å². The lowest BCUT2D eigenvalue weighted by atomic mass is 10.1. The van der Waals surface area contributed by atoms with E-state index in [0.29, 0.717) is 5.92 Å². The summed E-state index contributed by atoms with van der Waals surface area (Å²) in [6.45, 7) is 4.13. The van der Waals surface area contributed by atoms with Gasteiger partial charge in [-0.1, -0.05) is 0 Å². The summed E-state index contributed by atoms with van der Waals surface area (Å²) in [5, 5.41) is 10.5. The van der Waals surface area contributed by atoms with Crippen LogP contribution in [0.5, 0.6) is 0 Å². The van der Waals surface area contributed by atoms with Gasteiger partial charge in [0.25, 0.3) is 0 Å². The molecule has 1 aliphatic heterocycles. The summed E-state index contributed by atoms with van der Waals surface area (Å²) in [6, 6.07) is 0. The largest absolute Gasteiger partial charge is 0.393 e. The fourth-order valence-corrected chi connectivity index (χ4v) is 3.20. The minimum absolute atomic E-state index is 0.260. The number of hydrogen-bond donors (Lipinski definition) is 1. The number of hydrogen-bond acceptors (Lipinski definition) is 4. The monoisotopic (exact) mass is 226 g/mol. The molecule has 1 fully saturated rings. The van der Waals surface area contributed by atoms with Crippen LogP contribution in [0.4, 0.5) is 0 Å². The molecule has 1 aliphatic rings. The zero-order chi connectivity index (χ0) is 10.8. The quantitative estimate of drug-likeness (QED) is 0.848. The van der Waals surface area contributed by atoms with Gasteiger partial charge in [-0.2, -0.15) is 0 Å². The van der Waals surface area contributed by atoms with E-state index in [2.05, 4.69) is 16.9 Å². The first-order valence-corrected chi connectivity index (χ1v) is 6.28. The molecule has 1 aromatic rings. The molecule has 15 heavy (non-hydrogen) atoms. The molecule has 2 heterocycles. The minimum atomic E-state index is -0.260. The highest BCUT2D eigenvalue weighted by Crippen LogP contribution is 2.29. The number of aromatic nitrogens is 1. The average Bonchev–Trinajstić information content (AvgIpc) is 2.72. The number of aliphatic hydroxyl groups is 1. The Morgan fingerprint density at radius 2 is 2.53 bits per heavy atom. The van der Waals surface area contributed by atoms with E-state index in [4.69, 9.17) is 0 Å². The first-order chi connectivity index (χ1) is 7.15. The van der Waals surface area contributed by atoms with Crippen LogP contribution >= 0.6 is 11.3 Å². The number of rotatable bonds is 3. The van der Waals surface area contributed by atoms with Crippen molar-refractivity contribution in [3.8, 4) is 0 Å². The van der Waals surface area contributed by atoms with Gasteiger partial charge in [-0.25, -0.2) is 4.98 Å². The van der Waals surface area contributed by atoms with Crippen molar-refractivity contribution in [1.82, 2.24) is 9.88 Å². The van der Waals surface area contributed by atoms with E-state index in [9.17, 15) is 5.11 Å². The molecule has 0 spiro atoms. The molecule has 0 saturated carbocycles. The molecule has 0 bridgehead atoms. The van der Waals surface area contributed by atoms with Gasteiger partial charge < -0.3 is 10.0 Å². The number of likely N-dealkylation sites (N-methyl/N-ethyl adjacent to an activating group) is 1. The third-order valence-electron chi connectivity index (χ3n) is 2.81. The van der Waals surface area contributed by atoms with E-state index in [1.807, 2.05) is 13.1 Å². The molecule has 2 rings (SSSR count). The van der Waals surface area contributed by atoms with Gasteiger partial charge in [0.2, 0.25) is 0 Å². The van der Waals surface area contributed by atoms with Crippen LogP contribution in [0.1, 0.15) is 29.1 Å². The van der Waals surface area contributed by atoms with E-state index in [0.717, 1.165) is 13.0 Å². The molecule has 0 aliphatic carbocycles. The van der Waals surface area contributed by atoms with Gasteiger partial charge in [0, 0.05) is 30.0 Å². The first kappa shape index (κ1) is 11.0. The Bertz CT molecular complexity index is 324. The molecule has 1 saturated heterocycles. The number of nitrogens with zero attached hydrogens (tertiary/aromatic N) is 2. The van der Waals surface area contributed by atoms with Gasteiger partial charge in [0.15, 0.2) is 0 Å². The lowest BCUT2D eigenvalue weighted by Gasteiger charge is -2.06. The van der Waals surface area contributed by atoms with Gasteiger partial charge in [-0.3, -0.25) is 0 Å². The van der Waals surface area contributed by atoms with Gasteiger partial charge in [-0.05, 0) is 26.9 Å². The molecular formula is C11H18N2OS. The molecule has 0 radical (unpaired) electrons. The van der Waals surface area contributed by atoms with Gasteiger partial charge >= 0.3 is 0 Å². The molecule has 3 nitrogen and oxygen atoms in total. The Labute approximate surface area is 94.8 Å². The number of aliphatic hydroxyl groups excluding tert-OH is 1. The lowest BCUT2D eigenvalue weighted by molar-refractivity contribution is 0.196. The van der Waals surface area contributed by atoms with Crippen LogP contribution in [0, 0.1) is 0 Å². The van der Waals surface area contributed by atoms with Crippen molar-refractivity contribution in [2.75, 3.05) is 20.1 Å². The normalized spacial score (nSPS) is 24.6. The Morgan fingerprint density at radius 1 is 1.73 bits per heavy atom. The highest BCUT2D eigenvalue weighted by Gasteiger charge is 2.23. The van der Waals surface area contributed by atoms with Crippen molar-refractivity contribution in [2.45, 2.75) is 31.8 Å². The summed E-state index contributed by atoms with van der Waals surface area (Å²) in [5.41, 5.74) is 0. The van der Waals surface area contributed by atoms with Crippen molar-refractivity contribution in [3.63, 3.8) is 0 Å². The van der Waals surface area contributed by atoms with E-state index in [1.165, 1.54) is 22.9 Å². The van der Waals surface area contributed by atoms with Gasteiger partial charge in [0.05, 0.1) is 11.1 Å². The third kappa shape index (κ3) is 2.77. The van der Waals surface area contributed by atoms with Crippen LogP contribution < -0.4 is 0 Å². The molecule has 0 amide bonds. The fourth-order valence-electron chi connectivity index (χ4n) is 2.03. The summed E-state index contributed by atoms with van der Waals surface area (Å²) in [7, 11) is 2.16. The van der Waals surface area contributed by atoms with Crippen molar-refractivity contribution in [2.24, 2.45) is 0 Å². The Hall–Kier alpha value is -0.450. The van der Waals surface area contributed by atoms with Gasteiger partial charge in [0.1, 0.15) is 0 Å². The third-order valence-corrected chi connectivity index (χ3v) is 3.99. The minimum Gasteiger partial charge on any atom is -0.393 e. The molecule has 2 unspecified atom stereocenters.